The second kappa shape index (κ2) is 7.49. The molecule has 0 saturated heterocycles. The van der Waals surface area contributed by atoms with E-state index in [1.54, 1.807) is 25.3 Å². The van der Waals surface area contributed by atoms with Gasteiger partial charge in [-0.3, -0.25) is 9.78 Å². The SMILES string of the molecule is COc1ccccc1NC(=O)c1ccc(-c2cccc(Br)c2)nc1C. The Bertz CT molecular complexity index is 925. The summed E-state index contributed by atoms with van der Waals surface area (Å²) in [5.74, 6) is 0.405. The number of anilines is 1. The molecule has 5 heteroatoms. The monoisotopic (exact) mass is 396 g/mol. The van der Waals surface area contributed by atoms with Crippen molar-refractivity contribution < 1.29 is 9.53 Å². The summed E-state index contributed by atoms with van der Waals surface area (Å²) in [6, 6.07) is 18.9. The average Bonchev–Trinajstić information content (AvgIpc) is 2.62. The number of carbonyl (C=O) groups is 1. The molecule has 3 aromatic rings. The molecule has 1 amide bonds. The number of hydrogen-bond donors (Lipinski definition) is 1. The van der Waals surface area contributed by atoms with E-state index >= 15 is 0 Å². The Hall–Kier alpha value is -2.66. The van der Waals surface area contributed by atoms with Crippen LogP contribution in [0.5, 0.6) is 5.75 Å². The van der Waals surface area contributed by atoms with Crippen molar-refractivity contribution in [1.82, 2.24) is 4.98 Å². The maximum absolute atomic E-state index is 12.6. The van der Waals surface area contributed by atoms with Crippen LogP contribution in [0.15, 0.2) is 65.1 Å². The number of benzene rings is 2. The van der Waals surface area contributed by atoms with Crippen LogP contribution >= 0.6 is 15.9 Å². The highest BCUT2D eigenvalue weighted by Crippen LogP contribution is 2.25. The molecule has 0 atom stereocenters. The number of ether oxygens (including phenoxy) is 1. The Labute approximate surface area is 155 Å². The lowest BCUT2D eigenvalue weighted by molar-refractivity contribution is 0.102. The molecule has 1 N–H and O–H groups in total. The molecule has 1 aromatic heterocycles. The summed E-state index contributed by atoms with van der Waals surface area (Å²) in [5, 5.41) is 2.88. The molecule has 4 nitrogen and oxygen atoms in total. The zero-order valence-corrected chi connectivity index (χ0v) is 15.5. The molecular formula is C20H17BrN2O2. The maximum Gasteiger partial charge on any atom is 0.257 e. The van der Waals surface area contributed by atoms with Crippen LogP contribution in [0.4, 0.5) is 5.69 Å². The quantitative estimate of drug-likeness (QED) is 0.668. The third-order valence-electron chi connectivity index (χ3n) is 3.81. The lowest BCUT2D eigenvalue weighted by Gasteiger charge is -2.11. The molecule has 3 rings (SSSR count). The van der Waals surface area contributed by atoms with Gasteiger partial charge in [-0.1, -0.05) is 40.2 Å². The highest BCUT2D eigenvalue weighted by atomic mass is 79.9. The summed E-state index contributed by atoms with van der Waals surface area (Å²) < 4.78 is 6.25. The van der Waals surface area contributed by atoms with Gasteiger partial charge in [0.25, 0.3) is 5.91 Å². The molecule has 0 aliphatic carbocycles. The van der Waals surface area contributed by atoms with E-state index < -0.39 is 0 Å². The Morgan fingerprint density at radius 3 is 2.60 bits per heavy atom. The summed E-state index contributed by atoms with van der Waals surface area (Å²) in [6.45, 7) is 1.83. The van der Waals surface area contributed by atoms with E-state index in [-0.39, 0.29) is 5.91 Å². The van der Waals surface area contributed by atoms with Gasteiger partial charge in [0.05, 0.1) is 29.7 Å². The van der Waals surface area contributed by atoms with Gasteiger partial charge < -0.3 is 10.1 Å². The number of aryl methyl sites for hydroxylation is 1. The molecule has 0 unspecified atom stereocenters. The second-order valence-corrected chi connectivity index (χ2v) is 6.41. The number of methoxy groups -OCH3 is 1. The molecule has 0 radical (unpaired) electrons. The van der Waals surface area contributed by atoms with Crippen LogP contribution in [0, 0.1) is 6.92 Å². The van der Waals surface area contributed by atoms with Crippen molar-refractivity contribution in [3.05, 3.63) is 76.4 Å². The summed E-state index contributed by atoms with van der Waals surface area (Å²) in [7, 11) is 1.57. The van der Waals surface area contributed by atoms with Crippen molar-refractivity contribution in [2.75, 3.05) is 12.4 Å². The van der Waals surface area contributed by atoms with Crippen LogP contribution in [-0.2, 0) is 0 Å². The van der Waals surface area contributed by atoms with E-state index in [2.05, 4.69) is 26.2 Å². The van der Waals surface area contributed by atoms with Crippen molar-refractivity contribution in [3.8, 4) is 17.0 Å². The molecule has 0 spiro atoms. The molecule has 2 aromatic carbocycles. The first-order valence-electron chi connectivity index (χ1n) is 7.76. The lowest BCUT2D eigenvalue weighted by Crippen LogP contribution is -2.14. The fourth-order valence-electron chi connectivity index (χ4n) is 2.55. The van der Waals surface area contributed by atoms with E-state index in [1.165, 1.54) is 0 Å². The van der Waals surface area contributed by atoms with Crippen LogP contribution < -0.4 is 10.1 Å². The number of nitrogens with one attached hydrogen (secondary N) is 1. The predicted octanol–water partition coefficient (Wildman–Crippen LogP) is 5.08. The molecular weight excluding hydrogens is 380 g/mol. The van der Waals surface area contributed by atoms with Crippen LogP contribution in [0.2, 0.25) is 0 Å². The lowest BCUT2D eigenvalue weighted by atomic mass is 10.1. The van der Waals surface area contributed by atoms with E-state index in [4.69, 9.17) is 4.74 Å². The number of aromatic nitrogens is 1. The summed E-state index contributed by atoms with van der Waals surface area (Å²) in [5.41, 5.74) is 3.65. The van der Waals surface area contributed by atoms with Crippen LogP contribution in [-0.4, -0.2) is 18.0 Å². The van der Waals surface area contributed by atoms with Gasteiger partial charge in [0.1, 0.15) is 5.75 Å². The summed E-state index contributed by atoms with van der Waals surface area (Å²) >= 11 is 3.46. The van der Waals surface area contributed by atoms with Gasteiger partial charge in [0, 0.05) is 10.0 Å². The van der Waals surface area contributed by atoms with E-state index in [0.717, 1.165) is 15.7 Å². The summed E-state index contributed by atoms with van der Waals surface area (Å²) in [4.78, 5) is 17.2. The number of hydrogen-bond acceptors (Lipinski definition) is 3. The van der Waals surface area contributed by atoms with Gasteiger partial charge in [-0.15, -0.1) is 0 Å². The van der Waals surface area contributed by atoms with Crippen LogP contribution in [0.1, 0.15) is 16.1 Å². The Kier molecular flexibility index (Phi) is 5.14. The molecule has 1 heterocycles. The minimum Gasteiger partial charge on any atom is -0.495 e. The first-order chi connectivity index (χ1) is 12.1. The van der Waals surface area contributed by atoms with Gasteiger partial charge in [-0.05, 0) is 43.3 Å². The van der Waals surface area contributed by atoms with E-state index in [9.17, 15) is 4.79 Å². The van der Waals surface area contributed by atoms with Crippen molar-refractivity contribution in [3.63, 3.8) is 0 Å². The van der Waals surface area contributed by atoms with Crippen molar-refractivity contribution in [2.45, 2.75) is 6.92 Å². The first-order valence-corrected chi connectivity index (χ1v) is 8.56. The Morgan fingerprint density at radius 1 is 1.08 bits per heavy atom. The zero-order valence-electron chi connectivity index (χ0n) is 13.9. The predicted molar refractivity (Wildman–Crippen MR) is 103 cm³/mol. The fraction of sp³-hybridized carbons (Fsp3) is 0.100. The number of amides is 1. The highest BCUT2D eigenvalue weighted by Gasteiger charge is 2.13. The number of rotatable bonds is 4. The molecule has 0 fully saturated rings. The van der Waals surface area contributed by atoms with Crippen molar-refractivity contribution in [2.24, 2.45) is 0 Å². The van der Waals surface area contributed by atoms with Gasteiger partial charge in [0.15, 0.2) is 0 Å². The minimum atomic E-state index is -0.213. The standard InChI is InChI=1S/C20H17BrN2O2/c1-13-16(20(24)23-18-8-3-4-9-19(18)25-2)10-11-17(22-13)14-6-5-7-15(21)12-14/h3-12H,1-2H3,(H,23,24). The van der Waals surface area contributed by atoms with Gasteiger partial charge in [-0.2, -0.15) is 0 Å². The van der Waals surface area contributed by atoms with E-state index in [0.29, 0.717) is 22.7 Å². The van der Waals surface area contributed by atoms with Gasteiger partial charge in [0.2, 0.25) is 0 Å². The molecule has 25 heavy (non-hydrogen) atoms. The van der Waals surface area contributed by atoms with E-state index in [1.807, 2.05) is 49.4 Å². The zero-order chi connectivity index (χ0) is 17.8. The second-order valence-electron chi connectivity index (χ2n) is 5.49. The van der Waals surface area contributed by atoms with Crippen molar-refractivity contribution in [1.29, 1.82) is 0 Å². The first kappa shape index (κ1) is 17.2. The normalized spacial score (nSPS) is 10.4. The maximum atomic E-state index is 12.6. The molecule has 0 bridgehead atoms. The van der Waals surface area contributed by atoms with Gasteiger partial charge >= 0.3 is 0 Å². The topological polar surface area (TPSA) is 51.2 Å². The fourth-order valence-corrected chi connectivity index (χ4v) is 2.95. The molecule has 0 saturated carbocycles. The number of nitrogens with zero attached hydrogens (tertiary/aromatic N) is 1. The molecule has 0 aliphatic heterocycles. The molecule has 0 aliphatic rings. The number of para-hydroxylation sites is 2. The Balaban J connectivity index is 1.87. The minimum absolute atomic E-state index is 0.213. The highest BCUT2D eigenvalue weighted by molar-refractivity contribution is 9.10. The number of pyridine rings is 1. The third kappa shape index (κ3) is 3.88. The molecule has 126 valence electrons. The largest absolute Gasteiger partial charge is 0.495 e. The smallest absolute Gasteiger partial charge is 0.257 e. The van der Waals surface area contributed by atoms with Crippen LogP contribution in [0.3, 0.4) is 0 Å². The van der Waals surface area contributed by atoms with Crippen LogP contribution in [0.25, 0.3) is 11.3 Å². The average molecular weight is 397 g/mol. The van der Waals surface area contributed by atoms with Gasteiger partial charge in [-0.25, -0.2) is 0 Å². The Morgan fingerprint density at radius 2 is 1.88 bits per heavy atom. The number of carbonyl (C=O) groups excluding carboxylic acids is 1. The van der Waals surface area contributed by atoms with Crippen molar-refractivity contribution >= 4 is 27.5 Å². The number of halogens is 1. The summed E-state index contributed by atoms with van der Waals surface area (Å²) in [6.07, 6.45) is 0. The third-order valence-corrected chi connectivity index (χ3v) is 4.30.